The van der Waals surface area contributed by atoms with Crippen molar-refractivity contribution in [3.63, 3.8) is 0 Å². The molecular formula is C14H18ClN3O. The molecule has 1 aromatic carbocycles. The van der Waals surface area contributed by atoms with Gasteiger partial charge in [-0.05, 0) is 18.1 Å². The predicted octanol–water partition coefficient (Wildman–Crippen LogP) is 3.19. The second kappa shape index (κ2) is 5.63. The van der Waals surface area contributed by atoms with Crippen LogP contribution in [0.15, 0.2) is 30.7 Å². The molecular weight excluding hydrogens is 262 g/mol. The van der Waals surface area contributed by atoms with Gasteiger partial charge >= 0.3 is 0 Å². The molecule has 0 bridgehead atoms. The van der Waals surface area contributed by atoms with Crippen molar-refractivity contribution in [1.82, 2.24) is 9.55 Å². The fraction of sp³-hybridized carbons (Fsp3) is 0.357. The predicted molar refractivity (Wildman–Crippen MR) is 76.9 cm³/mol. The standard InChI is InChI=1S/C14H18ClN3O/c1-9(2)14(16)13-7-17-8-18(13)12-6-10(19-3)4-5-11(12)15/h4-9,14H,16H2,1-3H3. The molecule has 19 heavy (non-hydrogen) atoms. The lowest BCUT2D eigenvalue weighted by atomic mass is 10.0. The van der Waals surface area contributed by atoms with Crippen LogP contribution in [0, 0.1) is 5.92 Å². The zero-order valence-electron chi connectivity index (χ0n) is 11.3. The fourth-order valence-electron chi connectivity index (χ4n) is 1.90. The number of benzene rings is 1. The zero-order chi connectivity index (χ0) is 14.0. The lowest BCUT2D eigenvalue weighted by Crippen LogP contribution is -2.20. The quantitative estimate of drug-likeness (QED) is 0.935. The van der Waals surface area contributed by atoms with Crippen LogP contribution in [0.4, 0.5) is 0 Å². The van der Waals surface area contributed by atoms with Gasteiger partial charge < -0.3 is 15.0 Å². The number of halogens is 1. The second-order valence-corrected chi connectivity index (χ2v) is 5.18. The Labute approximate surface area is 118 Å². The van der Waals surface area contributed by atoms with Crippen LogP contribution in [-0.2, 0) is 0 Å². The van der Waals surface area contributed by atoms with Gasteiger partial charge in [-0.3, -0.25) is 0 Å². The minimum absolute atomic E-state index is 0.0928. The van der Waals surface area contributed by atoms with Gasteiger partial charge in [0.05, 0.1) is 36.0 Å². The number of methoxy groups -OCH3 is 1. The molecule has 0 saturated carbocycles. The Balaban J connectivity index is 2.51. The van der Waals surface area contributed by atoms with Gasteiger partial charge in [-0.1, -0.05) is 25.4 Å². The first-order valence-corrected chi connectivity index (χ1v) is 6.54. The maximum atomic E-state index is 6.26. The van der Waals surface area contributed by atoms with Crippen LogP contribution in [0.25, 0.3) is 5.69 Å². The molecule has 2 aromatic rings. The van der Waals surface area contributed by atoms with E-state index in [0.717, 1.165) is 17.1 Å². The highest BCUT2D eigenvalue weighted by Crippen LogP contribution is 2.29. The molecule has 1 atom stereocenters. The lowest BCUT2D eigenvalue weighted by Gasteiger charge is -2.18. The molecule has 102 valence electrons. The van der Waals surface area contributed by atoms with Crippen LogP contribution >= 0.6 is 11.6 Å². The second-order valence-electron chi connectivity index (χ2n) is 4.78. The molecule has 0 aliphatic heterocycles. The highest BCUT2D eigenvalue weighted by Gasteiger charge is 2.17. The number of nitrogens with zero attached hydrogens (tertiary/aromatic N) is 2. The third kappa shape index (κ3) is 2.74. The molecule has 5 heteroatoms. The van der Waals surface area contributed by atoms with E-state index in [1.54, 1.807) is 25.7 Å². The summed E-state index contributed by atoms with van der Waals surface area (Å²) in [6.45, 7) is 4.16. The number of imidazole rings is 1. The molecule has 0 amide bonds. The van der Waals surface area contributed by atoms with Crippen molar-refractivity contribution < 1.29 is 4.74 Å². The lowest BCUT2D eigenvalue weighted by molar-refractivity contribution is 0.414. The van der Waals surface area contributed by atoms with Crippen molar-refractivity contribution in [1.29, 1.82) is 0 Å². The number of aromatic nitrogens is 2. The maximum Gasteiger partial charge on any atom is 0.121 e. The Morgan fingerprint density at radius 1 is 1.37 bits per heavy atom. The molecule has 0 aliphatic carbocycles. The van der Waals surface area contributed by atoms with E-state index < -0.39 is 0 Å². The first kappa shape index (κ1) is 13.9. The van der Waals surface area contributed by atoms with Crippen molar-refractivity contribution in [2.24, 2.45) is 11.7 Å². The largest absolute Gasteiger partial charge is 0.497 e. The maximum absolute atomic E-state index is 6.26. The van der Waals surface area contributed by atoms with Gasteiger partial charge in [0.15, 0.2) is 0 Å². The van der Waals surface area contributed by atoms with Gasteiger partial charge in [0.1, 0.15) is 5.75 Å². The smallest absolute Gasteiger partial charge is 0.121 e. The van der Waals surface area contributed by atoms with E-state index in [-0.39, 0.29) is 6.04 Å². The molecule has 4 nitrogen and oxygen atoms in total. The van der Waals surface area contributed by atoms with E-state index in [1.807, 2.05) is 16.7 Å². The van der Waals surface area contributed by atoms with E-state index in [9.17, 15) is 0 Å². The van der Waals surface area contributed by atoms with Crippen LogP contribution in [0.5, 0.6) is 5.75 Å². The zero-order valence-corrected chi connectivity index (χ0v) is 12.1. The Morgan fingerprint density at radius 2 is 2.11 bits per heavy atom. The average Bonchev–Trinajstić information content (AvgIpc) is 2.87. The van der Waals surface area contributed by atoms with E-state index in [0.29, 0.717) is 10.9 Å². The minimum atomic E-state index is -0.0928. The van der Waals surface area contributed by atoms with Crippen molar-refractivity contribution in [2.45, 2.75) is 19.9 Å². The summed E-state index contributed by atoms with van der Waals surface area (Å²) in [5, 5.41) is 0.635. The van der Waals surface area contributed by atoms with Gasteiger partial charge in [-0.2, -0.15) is 0 Å². The van der Waals surface area contributed by atoms with E-state index >= 15 is 0 Å². The summed E-state index contributed by atoms with van der Waals surface area (Å²) in [7, 11) is 1.63. The SMILES string of the molecule is COc1ccc(Cl)c(-n2cncc2C(N)C(C)C)c1. The fourth-order valence-corrected chi connectivity index (χ4v) is 2.11. The van der Waals surface area contributed by atoms with E-state index in [1.165, 1.54) is 0 Å². The van der Waals surface area contributed by atoms with Crippen LogP contribution in [0.3, 0.4) is 0 Å². The highest BCUT2D eigenvalue weighted by atomic mass is 35.5. The normalized spacial score (nSPS) is 12.7. The molecule has 0 saturated heterocycles. The third-order valence-electron chi connectivity index (χ3n) is 3.14. The summed E-state index contributed by atoms with van der Waals surface area (Å²) in [6.07, 6.45) is 3.50. The van der Waals surface area contributed by atoms with Gasteiger partial charge in [0, 0.05) is 12.1 Å². The number of ether oxygens (including phenoxy) is 1. The molecule has 0 radical (unpaired) electrons. The van der Waals surface area contributed by atoms with Crippen LogP contribution in [-0.4, -0.2) is 16.7 Å². The number of hydrogen-bond acceptors (Lipinski definition) is 3. The molecule has 1 heterocycles. The summed E-state index contributed by atoms with van der Waals surface area (Å²) in [6, 6.07) is 5.41. The Hall–Kier alpha value is -1.52. The van der Waals surface area contributed by atoms with Gasteiger partial charge in [0.2, 0.25) is 0 Å². The van der Waals surface area contributed by atoms with Crippen LogP contribution in [0.1, 0.15) is 25.6 Å². The molecule has 1 unspecified atom stereocenters. The first-order valence-electron chi connectivity index (χ1n) is 6.16. The summed E-state index contributed by atoms with van der Waals surface area (Å²) >= 11 is 6.26. The van der Waals surface area contributed by atoms with Gasteiger partial charge in [-0.25, -0.2) is 4.98 Å². The third-order valence-corrected chi connectivity index (χ3v) is 3.46. The van der Waals surface area contributed by atoms with Gasteiger partial charge in [0.25, 0.3) is 0 Å². The van der Waals surface area contributed by atoms with Crippen molar-refractivity contribution in [2.75, 3.05) is 7.11 Å². The average molecular weight is 280 g/mol. The van der Waals surface area contributed by atoms with Crippen molar-refractivity contribution >= 4 is 11.6 Å². The number of nitrogens with two attached hydrogens (primary N) is 1. The monoisotopic (exact) mass is 279 g/mol. The van der Waals surface area contributed by atoms with E-state index in [2.05, 4.69) is 18.8 Å². The van der Waals surface area contributed by atoms with Crippen molar-refractivity contribution in [3.8, 4) is 11.4 Å². The molecule has 0 spiro atoms. The number of rotatable bonds is 4. The Morgan fingerprint density at radius 3 is 2.74 bits per heavy atom. The summed E-state index contributed by atoms with van der Waals surface area (Å²) < 4.78 is 7.14. The molecule has 1 aromatic heterocycles. The molecule has 0 fully saturated rings. The van der Waals surface area contributed by atoms with Crippen LogP contribution in [0.2, 0.25) is 5.02 Å². The molecule has 2 rings (SSSR count). The summed E-state index contributed by atoms with van der Waals surface area (Å²) in [4.78, 5) is 4.18. The highest BCUT2D eigenvalue weighted by molar-refractivity contribution is 6.32. The molecule has 2 N–H and O–H groups in total. The summed E-state index contributed by atoms with van der Waals surface area (Å²) in [5.41, 5.74) is 7.96. The topological polar surface area (TPSA) is 53.1 Å². The van der Waals surface area contributed by atoms with Crippen molar-refractivity contribution in [3.05, 3.63) is 41.4 Å². The minimum Gasteiger partial charge on any atom is -0.497 e. The number of hydrogen-bond donors (Lipinski definition) is 1. The Bertz CT molecular complexity index is 566. The molecule has 0 aliphatic rings. The Kier molecular flexibility index (Phi) is 4.12. The van der Waals surface area contributed by atoms with Crippen LogP contribution < -0.4 is 10.5 Å². The van der Waals surface area contributed by atoms with E-state index in [4.69, 9.17) is 22.1 Å². The first-order chi connectivity index (χ1) is 9.04. The summed E-state index contributed by atoms with van der Waals surface area (Å²) in [5.74, 6) is 1.07. The van der Waals surface area contributed by atoms with Gasteiger partial charge in [-0.15, -0.1) is 0 Å².